The summed E-state index contributed by atoms with van der Waals surface area (Å²) in [6.07, 6.45) is -0.953. The van der Waals surface area contributed by atoms with Crippen LogP contribution in [0.4, 0.5) is 9.18 Å². The van der Waals surface area contributed by atoms with E-state index in [4.69, 9.17) is 14.2 Å². The Kier molecular flexibility index (Phi) is 9.13. The molecule has 0 fully saturated rings. The fraction of sp³-hybridized carbons (Fsp3) is 0.464. The third kappa shape index (κ3) is 7.38. The Morgan fingerprint density at radius 3 is 2.43 bits per heavy atom. The van der Waals surface area contributed by atoms with E-state index in [0.29, 0.717) is 43.1 Å². The number of aryl methyl sites for hydroxylation is 2. The minimum absolute atomic E-state index is 0.273. The molecule has 0 spiro atoms. The van der Waals surface area contributed by atoms with E-state index >= 15 is 0 Å². The number of nitrogens with zero attached hydrogens (tertiary/aromatic N) is 2. The number of ether oxygens (including phenoxy) is 3. The second-order valence-electron chi connectivity index (χ2n) is 10.3. The lowest BCUT2D eigenvalue weighted by molar-refractivity contribution is -0.458. The Morgan fingerprint density at radius 1 is 1.14 bits per heavy atom. The number of hydrogen-bond acceptors (Lipinski definition) is 6. The number of rotatable bonds is 6. The maximum absolute atomic E-state index is 14.6. The van der Waals surface area contributed by atoms with Gasteiger partial charge in [-0.25, -0.2) is 9.18 Å². The summed E-state index contributed by atoms with van der Waals surface area (Å²) < 4.78 is 33.9. The highest BCUT2D eigenvalue weighted by Gasteiger charge is 2.34. The van der Waals surface area contributed by atoms with E-state index in [2.05, 4.69) is 20.8 Å². The molecule has 2 aromatic carbocycles. The second-order valence-corrected chi connectivity index (χ2v) is 11.2. The van der Waals surface area contributed by atoms with Crippen LogP contribution < -0.4 is 4.74 Å². The van der Waals surface area contributed by atoms with E-state index < -0.39 is 17.7 Å². The Morgan fingerprint density at radius 2 is 1.84 bits per heavy atom. The molecule has 0 N–H and O–H groups in total. The molecule has 0 unspecified atom stereocenters. The van der Waals surface area contributed by atoms with Crippen molar-refractivity contribution < 1.29 is 32.8 Å². The van der Waals surface area contributed by atoms with Crippen molar-refractivity contribution in [3.63, 3.8) is 0 Å². The van der Waals surface area contributed by atoms with Gasteiger partial charge in [0, 0.05) is 17.9 Å². The molecule has 0 saturated heterocycles. The zero-order chi connectivity index (χ0) is 27.5. The van der Waals surface area contributed by atoms with Crippen molar-refractivity contribution in [2.24, 2.45) is 0 Å². The number of carbonyl (C=O) groups excluding carboxylic acids is 2. The fourth-order valence-electron chi connectivity index (χ4n) is 4.07. The number of methoxy groups -OCH3 is 1. The summed E-state index contributed by atoms with van der Waals surface area (Å²) in [6, 6.07) is 8.45. The largest absolute Gasteiger partial charge is 0.596 e. The SMILES string of the molecule is COC(=O)c1cc(Br)c(C)cc1O[C@@H](CN1CC[N+](C(=O)OC(C)(C)C)=C(C)C1)c1ccc(C)c(F)c1. The maximum atomic E-state index is 14.6. The topological polar surface area (TPSA) is 68.1 Å². The molecule has 0 bridgehead atoms. The van der Waals surface area contributed by atoms with Crippen LogP contribution in [0.3, 0.4) is 0 Å². The van der Waals surface area contributed by atoms with Crippen molar-refractivity contribution in [1.29, 1.82) is 0 Å². The van der Waals surface area contributed by atoms with Crippen LogP contribution in [0, 0.1) is 19.7 Å². The molecular weight excluding hydrogens is 543 g/mol. The molecule has 0 radical (unpaired) electrons. The normalized spacial score (nSPS) is 15.4. The lowest BCUT2D eigenvalue weighted by atomic mass is 10.0. The van der Waals surface area contributed by atoms with Gasteiger partial charge in [0.25, 0.3) is 0 Å². The van der Waals surface area contributed by atoms with E-state index in [1.807, 2.05) is 40.7 Å². The van der Waals surface area contributed by atoms with Gasteiger partial charge >= 0.3 is 12.1 Å². The highest BCUT2D eigenvalue weighted by molar-refractivity contribution is 9.10. The van der Waals surface area contributed by atoms with Crippen molar-refractivity contribution >= 4 is 33.7 Å². The maximum Gasteiger partial charge on any atom is 0.596 e. The minimum atomic E-state index is -0.583. The average Bonchev–Trinajstić information content (AvgIpc) is 2.81. The summed E-state index contributed by atoms with van der Waals surface area (Å²) in [5.74, 6) is -0.505. The van der Waals surface area contributed by atoms with Crippen molar-refractivity contribution in [1.82, 2.24) is 4.90 Å². The van der Waals surface area contributed by atoms with Crippen LogP contribution in [0.2, 0.25) is 0 Å². The average molecular weight is 578 g/mol. The first-order valence-electron chi connectivity index (χ1n) is 12.2. The van der Waals surface area contributed by atoms with Gasteiger partial charge in [0.2, 0.25) is 0 Å². The number of benzene rings is 2. The monoisotopic (exact) mass is 577 g/mol. The molecule has 0 aliphatic carbocycles. The Bertz CT molecular complexity index is 1220. The Balaban J connectivity index is 1.92. The van der Waals surface area contributed by atoms with Gasteiger partial charge in [0.15, 0.2) is 12.3 Å². The molecule has 1 atom stereocenters. The van der Waals surface area contributed by atoms with Gasteiger partial charge in [-0.3, -0.25) is 4.90 Å². The van der Waals surface area contributed by atoms with E-state index in [1.165, 1.54) is 13.2 Å². The van der Waals surface area contributed by atoms with Gasteiger partial charge in [-0.15, -0.1) is 4.58 Å². The summed E-state index contributed by atoms with van der Waals surface area (Å²) in [5, 5.41) is 0. The first-order chi connectivity index (χ1) is 17.3. The number of hydrogen-bond donors (Lipinski definition) is 0. The van der Waals surface area contributed by atoms with Crippen molar-refractivity contribution in [3.05, 3.63) is 62.9 Å². The molecular formula is C28H35BrFN2O5+. The number of esters is 1. The summed E-state index contributed by atoms with van der Waals surface area (Å²) in [5.41, 5.74) is 2.60. The zero-order valence-electron chi connectivity index (χ0n) is 22.5. The highest BCUT2D eigenvalue weighted by Crippen LogP contribution is 2.32. The van der Waals surface area contributed by atoms with Crippen LogP contribution in [-0.4, -0.2) is 66.1 Å². The van der Waals surface area contributed by atoms with Gasteiger partial charge in [0.05, 0.1) is 20.2 Å². The molecule has 1 amide bonds. The lowest BCUT2D eigenvalue weighted by Crippen LogP contribution is -2.48. The minimum Gasteiger partial charge on any atom is -0.483 e. The van der Waals surface area contributed by atoms with Crippen molar-refractivity contribution in [3.8, 4) is 5.75 Å². The molecule has 9 heteroatoms. The van der Waals surface area contributed by atoms with Crippen LogP contribution in [0.15, 0.2) is 34.8 Å². The molecule has 0 aromatic heterocycles. The Labute approximate surface area is 226 Å². The van der Waals surface area contributed by atoms with E-state index in [1.54, 1.807) is 29.7 Å². The molecule has 200 valence electrons. The van der Waals surface area contributed by atoms with Crippen LogP contribution in [0.25, 0.3) is 0 Å². The van der Waals surface area contributed by atoms with Crippen molar-refractivity contribution in [2.75, 3.05) is 33.3 Å². The van der Waals surface area contributed by atoms with Gasteiger partial charge in [-0.05, 0) is 69.5 Å². The predicted octanol–water partition coefficient (Wildman–Crippen LogP) is 5.84. The molecule has 0 saturated carbocycles. The molecule has 1 aliphatic heterocycles. The van der Waals surface area contributed by atoms with Gasteiger partial charge in [-0.2, -0.15) is 4.79 Å². The molecule has 7 nitrogen and oxygen atoms in total. The third-order valence-electron chi connectivity index (χ3n) is 6.09. The predicted molar refractivity (Wildman–Crippen MR) is 143 cm³/mol. The molecule has 1 aliphatic rings. The van der Waals surface area contributed by atoms with Crippen LogP contribution in [0.5, 0.6) is 5.75 Å². The summed E-state index contributed by atoms with van der Waals surface area (Å²) in [4.78, 5) is 27.3. The van der Waals surface area contributed by atoms with Crippen LogP contribution in [-0.2, 0) is 9.47 Å². The highest BCUT2D eigenvalue weighted by atomic mass is 79.9. The number of halogens is 2. The number of amides is 1. The van der Waals surface area contributed by atoms with Gasteiger partial charge < -0.3 is 14.2 Å². The lowest BCUT2D eigenvalue weighted by Gasteiger charge is -2.30. The van der Waals surface area contributed by atoms with E-state index in [0.717, 1.165) is 15.7 Å². The smallest absolute Gasteiger partial charge is 0.483 e. The first-order valence-corrected chi connectivity index (χ1v) is 12.9. The first kappa shape index (κ1) is 28.8. The third-order valence-corrected chi connectivity index (χ3v) is 6.95. The zero-order valence-corrected chi connectivity index (χ0v) is 24.1. The van der Waals surface area contributed by atoms with Gasteiger partial charge in [-0.1, -0.05) is 28.1 Å². The van der Waals surface area contributed by atoms with Crippen LogP contribution >= 0.6 is 15.9 Å². The number of carbonyl (C=O) groups is 2. The molecule has 2 aromatic rings. The summed E-state index contributed by atoms with van der Waals surface area (Å²) in [7, 11) is 1.31. The second kappa shape index (κ2) is 11.7. The Hall–Kier alpha value is -2.78. The van der Waals surface area contributed by atoms with Crippen molar-refractivity contribution in [2.45, 2.75) is 53.2 Å². The summed E-state index contributed by atoms with van der Waals surface area (Å²) >= 11 is 3.46. The van der Waals surface area contributed by atoms with E-state index in [-0.39, 0.29) is 17.5 Å². The molecule has 3 rings (SSSR count). The molecule has 1 heterocycles. The van der Waals surface area contributed by atoms with Gasteiger partial charge in [0.1, 0.15) is 28.8 Å². The van der Waals surface area contributed by atoms with Crippen LogP contribution in [0.1, 0.15) is 60.8 Å². The standard InChI is InChI=1S/C28H35BrFN2O5/c1-17-8-9-20(13-23(17)30)25(36-24-12-18(2)22(29)14-21(24)26(33)35-7)16-31-10-11-32(19(3)15-31)27(34)37-28(4,5)6/h8-9,12-14,25H,10-11,15-16H2,1-7H3/q+1/t25-/m0/s1. The summed E-state index contributed by atoms with van der Waals surface area (Å²) in [6.45, 7) is 13.0. The van der Waals surface area contributed by atoms with E-state index in [9.17, 15) is 14.0 Å². The quantitative estimate of drug-likeness (QED) is 0.317. The molecule has 37 heavy (non-hydrogen) atoms. The fourth-order valence-corrected chi connectivity index (χ4v) is 4.41.